The maximum atomic E-state index is 12.8. The molecule has 0 atom stereocenters. The number of benzene rings is 3. The highest BCUT2D eigenvalue weighted by Crippen LogP contribution is 2.26. The number of hydrogen-bond acceptors (Lipinski definition) is 6. The summed E-state index contributed by atoms with van der Waals surface area (Å²) in [6, 6.07) is 17.8. The second kappa shape index (κ2) is 12.3. The Morgan fingerprint density at radius 2 is 1.76 bits per heavy atom. The van der Waals surface area contributed by atoms with Gasteiger partial charge in [-0.3, -0.25) is 14.2 Å². The van der Waals surface area contributed by atoms with Gasteiger partial charge in [-0.1, -0.05) is 47.1 Å². The van der Waals surface area contributed by atoms with E-state index < -0.39 is 0 Å². The number of halogens is 2. The minimum atomic E-state index is -0.366. The molecule has 0 fully saturated rings. The van der Waals surface area contributed by atoms with Crippen LogP contribution in [0.4, 0.5) is 5.69 Å². The normalized spacial score (nSPS) is 10.8. The van der Waals surface area contributed by atoms with Gasteiger partial charge < -0.3 is 15.4 Å². The van der Waals surface area contributed by atoms with Gasteiger partial charge >= 0.3 is 0 Å². The van der Waals surface area contributed by atoms with Crippen molar-refractivity contribution in [2.75, 3.05) is 18.2 Å². The Kier molecular flexibility index (Phi) is 8.93. The second-order valence-electron chi connectivity index (χ2n) is 8.40. The molecule has 4 aromatic rings. The Morgan fingerprint density at radius 1 is 1.00 bits per heavy atom. The third-order valence-electron chi connectivity index (χ3n) is 5.59. The third-order valence-corrected chi connectivity index (χ3v) is 7.07. The number of nitrogens with zero attached hydrogens (tertiary/aromatic N) is 3. The Labute approximate surface area is 234 Å². The SMILES string of the molecule is COc1ccc(NC(=O)CSc2nnc(CNC(=O)c3ccc(Cl)cc3Cl)n2-c2cc(C)ccc2C)cc1. The number of rotatable bonds is 9. The molecule has 0 unspecified atom stereocenters. The topological polar surface area (TPSA) is 98.1 Å². The fraction of sp³-hybridized carbons (Fsp3) is 0.185. The molecule has 3 aromatic carbocycles. The molecular formula is C27H25Cl2N5O3S. The van der Waals surface area contributed by atoms with E-state index >= 15 is 0 Å². The van der Waals surface area contributed by atoms with Crippen LogP contribution in [0.15, 0.2) is 65.8 Å². The molecule has 0 aliphatic heterocycles. The van der Waals surface area contributed by atoms with Gasteiger partial charge in [0.2, 0.25) is 5.91 Å². The fourth-order valence-corrected chi connectivity index (χ4v) is 4.90. The Hall–Kier alpha value is -3.53. The van der Waals surface area contributed by atoms with Crippen LogP contribution < -0.4 is 15.4 Å². The van der Waals surface area contributed by atoms with Crippen LogP contribution >= 0.6 is 35.0 Å². The highest BCUT2D eigenvalue weighted by molar-refractivity contribution is 7.99. The summed E-state index contributed by atoms with van der Waals surface area (Å²) in [5, 5.41) is 15.6. The van der Waals surface area contributed by atoms with Gasteiger partial charge in [-0.05, 0) is 73.5 Å². The van der Waals surface area contributed by atoms with Crippen LogP contribution in [0.3, 0.4) is 0 Å². The van der Waals surface area contributed by atoms with Crippen LogP contribution in [-0.4, -0.2) is 39.4 Å². The van der Waals surface area contributed by atoms with Gasteiger partial charge in [0.25, 0.3) is 5.91 Å². The minimum absolute atomic E-state index is 0.0940. The molecule has 196 valence electrons. The molecule has 0 saturated carbocycles. The number of thioether (sulfide) groups is 1. The molecule has 0 saturated heterocycles. The molecule has 2 N–H and O–H groups in total. The van der Waals surface area contributed by atoms with E-state index in [1.807, 2.05) is 36.6 Å². The fourth-order valence-electron chi connectivity index (χ4n) is 3.64. The monoisotopic (exact) mass is 569 g/mol. The summed E-state index contributed by atoms with van der Waals surface area (Å²) in [4.78, 5) is 25.4. The summed E-state index contributed by atoms with van der Waals surface area (Å²) < 4.78 is 7.01. The largest absolute Gasteiger partial charge is 0.497 e. The van der Waals surface area contributed by atoms with Crippen LogP contribution in [0, 0.1) is 13.8 Å². The number of aromatic nitrogens is 3. The molecule has 1 heterocycles. The number of anilines is 1. The molecule has 0 aliphatic carbocycles. The van der Waals surface area contributed by atoms with Crippen molar-refractivity contribution in [2.24, 2.45) is 0 Å². The number of carbonyl (C=O) groups is 2. The van der Waals surface area contributed by atoms with Crippen molar-refractivity contribution in [1.82, 2.24) is 20.1 Å². The van der Waals surface area contributed by atoms with E-state index in [0.717, 1.165) is 16.8 Å². The zero-order valence-corrected chi connectivity index (χ0v) is 23.2. The molecule has 38 heavy (non-hydrogen) atoms. The van der Waals surface area contributed by atoms with E-state index in [2.05, 4.69) is 20.8 Å². The number of ether oxygens (including phenoxy) is 1. The summed E-state index contributed by atoms with van der Waals surface area (Å²) in [5.41, 5.74) is 3.88. The Bertz CT molecular complexity index is 1470. The van der Waals surface area contributed by atoms with E-state index in [0.29, 0.717) is 33.0 Å². The summed E-state index contributed by atoms with van der Waals surface area (Å²) in [6.45, 7) is 4.07. The Balaban J connectivity index is 1.53. The lowest BCUT2D eigenvalue weighted by molar-refractivity contribution is -0.113. The molecule has 0 bridgehead atoms. The summed E-state index contributed by atoms with van der Waals surface area (Å²) in [7, 11) is 1.59. The van der Waals surface area contributed by atoms with Crippen LogP contribution in [0.1, 0.15) is 27.3 Å². The molecule has 0 radical (unpaired) electrons. The molecule has 1 aromatic heterocycles. The molecule has 0 aliphatic rings. The lowest BCUT2D eigenvalue weighted by Crippen LogP contribution is -2.25. The van der Waals surface area contributed by atoms with Crippen molar-refractivity contribution in [2.45, 2.75) is 25.5 Å². The number of carbonyl (C=O) groups excluding carboxylic acids is 2. The van der Waals surface area contributed by atoms with E-state index in [1.54, 1.807) is 43.5 Å². The molecule has 0 spiro atoms. The smallest absolute Gasteiger partial charge is 0.253 e. The average molecular weight is 571 g/mol. The zero-order valence-electron chi connectivity index (χ0n) is 20.9. The van der Waals surface area contributed by atoms with Crippen LogP contribution in [0.25, 0.3) is 5.69 Å². The highest BCUT2D eigenvalue weighted by atomic mass is 35.5. The lowest BCUT2D eigenvalue weighted by Gasteiger charge is -2.14. The summed E-state index contributed by atoms with van der Waals surface area (Å²) >= 11 is 13.4. The first kappa shape index (κ1) is 27.5. The summed E-state index contributed by atoms with van der Waals surface area (Å²) in [6.07, 6.45) is 0. The van der Waals surface area contributed by atoms with Crippen LogP contribution in [-0.2, 0) is 11.3 Å². The van der Waals surface area contributed by atoms with Gasteiger partial charge in [0, 0.05) is 10.7 Å². The number of nitrogens with one attached hydrogen (secondary N) is 2. The van der Waals surface area contributed by atoms with Gasteiger partial charge in [0.05, 0.1) is 35.7 Å². The van der Waals surface area contributed by atoms with Crippen molar-refractivity contribution in [3.8, 4) is 11.4 Å². The lowest BCUT2D eigenvalue weighted by atomic mass is 10.1. The maximum Gasteiger partial charge on any atom is 0.253 e. The van der Waals surface area contributed by atoms with Crippen LogP contribution in [0.5, 0.6) is 5.75 Å². The second-order valence-corrected chi connectivity index (χ2v) is 10.2. The predicted octanol–water partition coefficient (Wildman–Crippen LogP) is 5.86. The Morgan fingerprint density at radius 3 is 2.47 bits per heavy atom. The molecular weight excluding hydrogens is 545 g/mol. The van der Waals surface area contributed by atoms with Gasteiger partial charge in [0.15, 0.2) is 11.0 Å². The van der Waals surface area contributed by atoms with Crippen molar-refractivity contribution >= 4 is 52.5 Å². The number of amides is 2. The van der Waals surface area contributed by atoms with Crippen molar-refractivity contribution < 1.29 is 14.3 Å². The van der Waals surface area contributed by atoms with Gasteiger partial charge in [-0.15, -0.1) is 10.2 Å². The van der Waals surface area contributed by atoms with E-state index in [9.17, 15) is 9.59 Å². The maximum absolute atomic E-state index is 12.8. The van der Waals surface area contributed by atoms with Crippen molar-refractivity contribution in [3.05, 3.63) is 93.2 Å². The predicted molar refractivity (Wildman–Crippen MR) is 151 cm³/mol. The standard InChI is InChI=1S/C27H25Cl2N5O3S/c1-16-4-5-17(2)23(12-16)34-24(14-30-26(36)21-11-6-18(28)13-22(21)29)32-33-27(34)38-15-25(35)31-19-7-9-20(37-3)10-8-19/h4-13H,14-15H2,1-3H3,(H,30,36)(H,31,35). The number of hydrogen-bond donors (Lipinski definition) is 2. The van der Waals surface area contributed by atoms with E-state index in [-0.39, 0.29) is 29.1 Å². The number of methoxy groups -OCH3 is 1. The summed E-state index contributed by atoms with van der Waals surface area (Å²) in [5.74, 6) is 0.771. The first-order valence-electron chi connectivity index (χ1n) is 11.6. The number of aryl methyl sites for hydroxylation is 2. The van der Waals surface area contributed by atoms with E-state index in [1.165, 1.54) is 17.8 Å². The van der Waals surface area contributed by atoms with Gasteiger partial charge in [0.1, 0.15) is 5.75 Å². The van der Waals surface area contributed by atoms with Crippen molar-refractivity contribution in [3.63, 3.8) is 0 Å². The molecule has 11 heteroatoms. The molecule has 8 nitrogen and oxygen atoms in total. The average Bonchev–Trinajstić information content (AvgIpc) is 3.30. The molecule has 2 amide bonds. The van der Waals surface area contributed by atoms with Crippen LogP contribution in [0.2, 0.25) is 10.0 Å². The highest BCUT2D eigenvalue weighted by Gasteiger charge is 2.19. The first-order chi connectivity index (χ1) is 18.2. The zero-order chi connectivity index (χ0) is 27.2. The van der Waals surface area contributed by atoms with Gasteiger partial charge in [-0.25, -0.2) is 0 Å². The van der Waals surface area contributed by atoms with Crippen molar-refractivity contribution in [1.29, 1.82) is 0 Å². The molecule has 4 rings (SSSR count). The third kappa shape index (κ3) is 6.66. The van der Waals surface area contributed by atoms with Gasteiger partial charge in [-0.2, -0.15) is 0 Å². The van der Waals surface area contributed by atoms with E-state index in [4.69, 9.17) is 27.9 Å². The first-order valence-corrected chi connectivity index (χ1v) is 13.3. The quantitative estimate of drug-likeness (QED) is 0.245. The minimum Gasteiger partial charge on any atom is -0.497 e.